The summed E-state index contributed by atoms with van der Waals surface area (Å²) in [7, 11) is 0. The molecule has 4 N–H and O–H groups in total. The van der Waals surface area contributed by atoms with E-state index in [0.717, 1.165) is 22.9 Å². The highest BCUT2D eigenvalue weighted by Gasteiger charge is 2.60. The summed E-state index contributed by atoms with van der Waals surface area (Å²) in [6.07, 6.45) is 7.61. The van der Waals surface area contributed by atoms with Crippen molar-refractivity contribution in [2.75, 3.05) is 13.2 Å². The Balaban J connectivity index is 1.31. The van der Waals surface area contributed by atoms with Crippen LogP contribution in [0.15, 0.2) is 0 Å². The summed E-state index contributed by atoms with van der Waals surface area (Å²) in [6, 6.07) is -0.693. The average Bonchev–Trinajstić information content (AvgIpc) is 2.86. The second-order valence-corrected chi connectivity index (χ2v) is 10.3. The highest BCUT2D eigenvalue weighted by molar-refractivity contribution is 5.83. The van der Waals surface area contributed by atoms with Gasteiger partial charge in [0.25, 0.3) is 0 Å². The summed E-state index contributed by atoms with van der Waals surface area (Å²) < 4.78 is 6.47. The first-order valence-corrected chi connectivity index (χ1v) is 10.3. The van der Waals surface area contributed by atoms with Crippen molar-refractivity contribution in [3.8, 4) is 0 Å². The van der Waals surface area contributed by atoms with Crippen LogP contribution < -0.4 is 11.1 Å². The molecule has 1 amide bonds. The van der Waals surface area contributed by atoms with Gasteiger partial charge in [0.15, 0.2) is 0 Å². The quantitative estimate of drug-likeness (QED) is 0.668. The van der Waals surface area contributed by atoms with Crippen LogP contribution in [-0.2, 0) is 9.53 Å². The molecule has 1 aromatic heterocycles. The van der Waals surface area contributed by atoms with Crippen molar-refractivity contribution >= 4 is 5.91 Å². The molecular weight excluding hydrogens is 340 g/mol. The highest BCUT2D eigenvalue weighted by Crippen LogP contribution is 2.67. The van der Waals surface area contributed by atoms with Crippen molar-refractivity contribution in [2.24, 2.45) is 22.5 Å². The van der Waals surface area contributed by atoms with Gasteiger partial charge in [-0.15, -0.1) is 0 Å². The topological polar surface area (TPSA) is 93.0 Å². The third-order valence-corrected chi connectivity index (χ3v) is 7.16. The Hall–Kier alpha value is -1.40. The number of rotatable bonds is 6. The number of nitrogens with zero attached hydrogens (tertiary/aromatic N) is 1. The van der Waals surface area contributed by atoms with E-state index in [9.17, 15) is 4.79 Å². The lowest BCUT2D eigenvalue weighted by molar-refractivity contribution is -0.213. The van der Waals surface area contributed by atoms with E-state index in [2.05, 4.69) is 29.4 Å². The molecule has 0 radical (unpaired) electrons. The first kappa shape index (κ1) is 18.9. The molecule has 4 bridgehead atoms. The molecule has 0 saturated heterocycles. The normalized spacial score (nSPS) is 38.2. The molecule has 5 rings (SSSR count). The zero-order valence-corrected chi connectivity index (χ0v) is 17.2. The lowest BCUT2D eigenvalue weighted by Gasteiger charge is -2.65. The molecule has 0 aromatic carbocycles. The Bertz CT molecular complexity index is 705. The van der Waals surface area contributed by atoms with E-state index < -0.39 is 6.04 Å². The number of amides is 1. The molecule has 3 atom stereocenters. The lowest BCUT2D eigenvalue weighted by Crippen LogP contribution is -2.59. The van der Waals surface area contributed by atoms with Gasteiger partial charge in [0.05, 0.1) is 17.9 Å². The monoisotopic (exact) mass is 374 g/mol. The van der Waals surface area contributed by atoms with Crippen LogP contribution in [0, 0.1) is 30.6 Å². The second kappa shape index (κ2) is 6.31. The van der Waals surface area contributed by atoms with Gasteiger partial charge in [-0.3, -0.25) is 9.89 Å². The number of aromatic amines is 1. The van der Waals surface area contributed by atoms with Crippen molar-refractivity contribution in [1.29, 1.82) is 0 Å². The van der Waals surface area contributed by atoms with E-state index >= 15 is 0 Å². The molecule has 4 aliphatic carbocycles. The molecule has 1 heterocycles. The van der Waals surface area contributed by atoms with Crippen LogP contribution in [0.3, 0.4) is 0 Å². The van der Waals surface area contributed by atoms with E-state index in [4.69, 9.17) is 10.5 Å². The number of hydrogen-bond acceptors (Lipinski definition) is 4. The number of H-pyrrole nitrogens is 1. The van der Waals surface area contributed by atoms with Gasteiger partial charge in [0.1, 0.15) is 6.04 Å². The Kier molecular flexibility index (Phi) is 4.43. The maximum Gasteiger partial charge on any atom is 0.241 e. The molecule has 1 aromatic rings. The first-order valence-electron chi connectivity index (χ1n) is 10.3. The van der Waals surface area contributed by atoms with Gasteiger partial charge in [0, 0.05) is 17.8 Å². The van der Waals surface area contributed by atoms with Crippen LogP contribution in [0.25, 0.3) is 0 Å². The third-order valence-electron chi connectivity index (χ3n) is 7.16. The molecule has 4 fully saturated rings. The standard InChI is InChI=1S/C21H34N4O2/c1-13-16(14(2)25-24-13)17(22)18(26)23-5-6-27-21-9-15-7-19(3,11-21)10-20(4,8-15)12-21/h15,17H,5-12,22H2,1-4H3,(H,23,26)(H,24,25). The number of carbonyl (C=O) groups excluding carboxylic acids is 1. The van der Waals surface area contributed by atoms with Crippen LogP contribution in [0.2, 0.25) is 0 Å². The summed E-state index contributed by atoms with van der Waals surface area (Å²) in [4.78, 5) is 12.4. The van der Waals surface area contributed by atoms with Gasteiger partial charge in [0.2, 0.25) is 5.91 Å². The van der Waals surface area contributed by atoms with Crippen molar-refractivity contribution in [3.05, 3.63) is 17.0 Å². The smallest absolute Gasteiger partial charge is 0.241 e. The van der Waals surface area contributed by atoms with E-state index in [-0.39, 0.29) is 11.5 Å². The van der Waals surface area contributed by atoms with Crippen LogP contribution in [-0.4, -0.2) is 34.9 Å². The minimum Gasteiger partial charge on any atom is -0.373 e. The Morgan fingerprint density at radius 2 is 1.93 bits per heavy atom. The maximum atomic E-state index is 12.4. The summed E-state index contributed by atoms with van der Waals surface area (Å²) >= 11 is 0. The predicted molar refractivity (Wildman–Crippen MR) is 104 cm³/mol. The largest absolute Gasteiger partial charge is 0.373 e. The zero-order chi connectivity index (χ0) is 19.4. The molecule has 4 saturated carbocycles. The fourth-order valence-electron chi connectivity index (χ4n) is 7.20. The zero-order valence-electron chi connectivity index (χ0n) is 17.2. The van der Waals surface area contributed by atoms with Crippen molar-refractivity contribution in [3.63, 3.8) is 0 Å². The first-order chi connectivity index (χ1) is 12.6. The van der Waals surface area contributed by atoms with E-state index in [0.29, 0.717) is 24.0 Å². The van der Waals surface area contributed by atoms with E-state index in [1.807, 2.05) is 13.8 Å². The van der Waals surface area contributed by atoms with Crippen LogP contribution >= 0.6 is 0 Å². The third kappa shape index (κ3) is 3.42. The molecule has 0 spiro atoms. The van der Waals surface area contributed by atoms with Gasteiger partial charge >= 0.3 is 0 Å². The number of carbonyl (C=O) groups is 1. The number of aromatic nitrogens is 2. The molecule has 6 nitrogen and oxygen atoms in total. The van der Waals surface area contributed by atoms with Crippen molar-refractivity contribution < 1.29 is 9.53 Å². The van der Waals surface area contributed by atoms with Crippen molar-refractivity contribution in [1.82, 2.24) is 15.5 Å². The Labute approximate surface area is 162 Å². The van der Waals surface area contributed by atoms with Gasteiger partial charge in [-0.25, -0.2) is 0 Å². The summed E-state index contributed by atoms with van der Waals surface area (Å²) in [6.45, 7) is 9.71. The molecule has 4 aliphatic rings. The average molecular weight is 375 g/mol. The summed E-state index contributed by atoms with van der Waals surface area (Å²) in [5.74, 6) is 0.641. The van der Waals surface area contributed by atoms with Crippen molar-refractivity contribution in [2.45, 2.75) is 77.9 Å². The van der Waals surface area contributed by atoms with Gasteiger partial charge < -0.3 is 15.8 Å². The Morgan fingerprint density at radius 3 is 2.48 bits per heavy atom. The molecule has 3 unspecified atom stereocenters. The SMILES string of the molecule is Cc1n[nH]c(C)c1C(N)C(=O)NCCOC12CC3CC(C)(CC(C)(C3)C1)C2. The van der Waals surface area contributed by atoms with Gasteiger partial charge in [-0.2, -0.15) is 5.10 Å². The fraction of sp³-hybridized carbons (Fsp3) is 0.810. The molecule has 0 aliphatic heterocycles. The maximum absolute atomic E-state index is 12.4. The van der Waals surface area contributed by atoms with Crippen LogP contribution in [0.5, 0.6) is 0 Å². The molecule has 6 heteroatoms. The molecule has 150 valence electrons. The van der Waals surface area contributed by atoms with Crippen LogP contribution in [0.1, 0.15) is 75.4 Å². The highest BCUT2D eigenvalue weighted by atomic mass is 16.5. The minimum atomic E-state index is -0.693. The van der Waals surface area contributed by atoms with E-state index in [1.54, 1.807) is 0 Å². The summed E-state index contributed by atoms with van der Waals surface area (Å²) in [5, 5.41) is 9.96. The number of aryl methyl sites for hydroxylation is 2. The minimum absolute atomic E-state index is 0.0213. The number of nitrogens with two attached hydrogens (primary N) is 1. The Morgan fingerprint density at radius 1 is 1.26 bits per heavy atom. The van der Waals surface area contributed by atoms with Crippen LogP contribution in [0.4, 0.5) is 0 Å². The fourth-order valence-corrected chi connectivity index (χ4v) is 7.20. The molecule has 27 heavy (non-hydrogen) atoms. The van der Waals surface area contributed by atoms with E-state index in [1.165, 1.54) is 38.5 Å². The van der Waals surface area contributed by atoms with Gasteiger partial charge in [-0.05, 0) is 69.1 Å². The second-order valence-electron chi connectivity index (χ2n) is 10.3. The lowest BCUT2D eigenvalue weighted by atomic mass is 9.43. The predicted octanol–water partition coefficient (Wildman–Crippen LogP) is 2.91. The van der Waals surface area contributed by atoms with Gasteiger partial charge in [-0.1, -0.05) is 13.8 Å². The molecular formula is C21H34N4O2. The number of nitrogens with one attached hydrogen (secondary N) is 2. The summed E-state index contributed by atoms with van der Waals surface area (Å²) in [5.41, 5.74) is 9.45. The number of ether oxygens (including phenoxy) is 1. The number of hydrogen-bond donors (Lipinski definition) is 3.